The molecule has 2 heteroatoms. The van der Waals surface area contributed by atoms with E-state index in [4.69, 9.17) is 4.74 Å². The molecule has 1 aliphatic heterocycles. The Morgan fingerprint density at radius 3 is 2.71 bits per heavy atom. The monoisotopic (exact) mass is 282 g/mol. The van der Waals surface area contributed by atoms with Gasteiger partial charge in [0.2, 0.25) is 0 Å². The van der Waals surface area contributed by atoms with Crippen LogP contribution in [0.4, 0.5) is 0 Å². The fourth-order valence-corrected chi connectivity index (χ4v) is 6.52. The summed E-state index contributed by atoms with van der Waals surface area (Å²) in [5, 5.41) is 10.9. The number of aryl methyl sites for hydroxylation is 1. The summed E-state index contributed by atoms with van der Waals surface area (Å²) >= 11 is 0. The topological polar surface area (TPSA) is 32.8 Å². The molecule has 0 spiro atoms. The van der Waals surface area contributed by atoms with Crippen LogP contribution in [-0.2, 0) is 16.8 Å². The van der Waals surface area contributed by atoms with E-state index in [1.165, 1.54) is 11.1 Å². The summed E-state index contributed by atoms with van der Waals surface area (Å²) in [6.07, 6.45) is 1.62. The van der Waals surface area contributed by atoms with Gasteiger partial charge in [0.1, 0.15) is 11.2 Å². The van der Waals surface area contributed by atoms with E-state index >= 15 is 0 Å². The lowest BCUT2D eigenvalue weighted by atomic mass is 9.59. The number of benzene rings is 1. The van der Waals surface area contributed by atoms with E-state index in [2.05, 4.69) is 51.6 Å². The van der Waals surface area contributed by atoms with Crippen LogP contribution in [0.25, 0.3) is 0 Å². The second-order valence-corrected chi connectivity index (χ2v) is 8.16. The van der Waals surface area contributed by atoms with E-state index in [1.807, 2.05) is 0 Å². The fourth-order valence-electron chi connectivity index (χ4n) is 6.52. The van der Waals surface area contributed by atoms with E-state index in [1.54, 1.807) is 0 Å². The summed E-state index contributed by atoms with van der Waals surface area (Å²) in [7, 11) is 0. The Morgan fingerprint density at radius 1 is 1.24 bits per heavy atom. The Hall–Kier alpha value is -1.12. The van der Waals surface area contributed by atoms with Gasteiger partial charge in [0.15, 0.2) is 0 Å². The van der Waals surface area contributed by atoms with Crippen LogP contribution >= 0.6 is 0 Å². The molecule has 3 fully saturated rings. The van der Waals surface area contributed by atoms with Gasteiger partial charge >= 0.3 is 0 Å². The van der Waals surface area contributed by atoms with E-state index in [9.17, 15) is 5.11 Å². The van der Waals surface area contributed by atoms with Crippen molar-refractivity contribution in [2.75, 3.05) is 0 Å². The summed E-state index contributed by atoms with van der Waals surface area (Å²) in [6.45, 7) is 11.1. The summed E-state index contributed by atoms with van der Waals surface area (Å²) in [4.78, 5) is 0. The van der Waals surface area contributed by atoms with Gasteiger partial charge in [-0.05, 0) is 35.0 Å². The summed E-state index contributed by atoms with van der Waals surface area (Å²) < 4.78 is 6.56. The Morgan fingerprint density at radius 2 is 1.95 bits per heavy atom. The van der Waals surface area contributed by atoms with Crippen LogP contribution in [0.15, 0.2) is 36.4 Å². The minimum atomic E-state index is -0.446. The van der Waals surface area contributed by atoms with Gasteiger partial charge in [-0.25, -0.2) is 0 Å². The van der Waals surface area contributed by atoms with Gasteiger partial charge < -0.3 is 9.84 Å². The lowest BCUT2D eigenvalue weighted by molar-refractivity contribution is -0.0626. The van der Waals surface area contributed by atoms with Crippen molar-refractivity contribution in [3.8, 4) is 0 Å². The lowest BCUT2D eigenvalue weighted by Crippen LogP contribution is -2.51. The maximum atomic E-state index is 10.9. The third-order valence-corrected chi connectivity index (χ3v) is 7.63. The zero-order chi connectivity index (χ0) is 14.8. The highest BCUT2D eigenvalue weighted by Crippen LogP contribution is 2.89. The molecular weight excluding hydrogens is 260 g/mol. The molecule has 2 bridgehead atoms. The second-order valence-electron chi connectivity index (χ2n) is 8.16. The highest BCUT2D eigenvalue weighted by atomic mass is 16.6. The average molecular weight is 282 g/mol. The Labute approximate surface area is 125 Å². The molecular formula is C19H22O2. The molecule has 1 saturated heterocycles. The molecule has 0 amide bonds. The molecule has 5 rings (SSSR count). The van der Waals surface area contributed by atoms with Gasteiger partial charge in [-0.15, -0.1) is 0 Å². The van der Waals surface area contributed by atoms with Gasteiger partial charge in [0.25, 0.3) is 0 Å². The van der Waals surface area contributed by atoms with Crippen molar-refractivity contribution < 1.29 is 9.84 Å². The Kier molecular flexibility index (Phi) is 1.77. The zero-order valence-corrected chi connectivity index (χ0v) is 12.9. The summed E-state index contributed by atoms with van der Waals surface area (Å²) in [6, 6.07) is 8.70. The van der Waals surface area contributed by atoms with Crippen molar-refractivity contribution >= 4 is 0 Å². The molecule has 5 atom stereocenters. The number of hydrogen-bond acceptors (Lipinski definition) is 2. The van der Waals surface area contributed by atoms with Gasteiger partial charge in [-0.1, -0.05) is 51.6 Å². The maximum absolute atomic E-state index is 10.9. The van der Waals surface area contributed by atoms with E-state index in [0.717, 1.165) is 18.4 Å². The molecule has 2 saturated carbocycles. The van der Waals surface area contributed by atoms with Crippen molar-refractivity contribution in [2.24, 2.45) is 16.7 Å². The maximum Gasteiger partial charge on any atom is 0.131 e. The van der Waals surface area contributed by atoms with Crippen molar-refractivity contribution in [1.29, 1.82) is 0 Å². The number of ether oxygens (including phenoxy) is 1. The van der Waals surface area contributed by atoms with Crippen LogP contribution in [-0.4, -0.2) is 16.8 Å². The van der Waals surface area contributed by atoms with Crippen molar-refractivity contribution in [3.63, 3.8) is 0 Å². The Balaban J connectivity index is 1.85. The number of aliphatic hydroxyl groups excluding tert-OH is 1. The highest BCUT2D eigenvalue weighted by molar-refractivity contribution is 5.58. The minimum Gasteiger partial charge on any atom is -0.388 e. The third kappa shape index (κ3) is 0.865. The quantitative estimate of drug-likeness (QED) is 0.585. The van der Waals surface area contributed by atoms with Crippen LogP contribution in [0.5, 0.6) is 0 Å². The molecule has 4 aliphatic rings. The number of aliphatic hydroxyl groups is 1. The lowest BCUT2D eigenvalue weighted by Gasteiger charge is -2.43. The van der Waals surface area contributed by atoms with E-state index < -0.39 is 6.10 Å². The van der Waals surface area contributed by atoms with Crippen molar-refractivity contribution in [2.45, 2.75) is 50.9 Å². The molecule has 110 valence electrons. The Bertz CT molecular complexity index is 705. The number of epoxide rings is 1. The van der Waals surface area contributed by atoms with Crippen LogP contribution in [0.3, 0.4) is 0 Å². The number of rotatable bonds is 0. The van der Waals surface area contributed by atoms with Crippen LogP contribution in [0, 0.1) is 16.7 Å². The first kappa shape index (κ1) is 12.4. The largest absolute Gasteiger partial charge is 0.388 e. The SMILES string of the molecule is C=C1C2C(C)(C)C(C)(C1O)C13CCc4ccccc4C21O3. The summed E-state index contributed by atoms with van der Waals surface area (Å²) in [5.74, 6) is 0.214. The van der Waals surface area contributed by atoms with Gasteiger partial charge in [-0.3, -0.25) is 0 Å². The second kappa shape index (κ2) is 3.00. The molecule has 0 radical (unpaired) electrons. The van der Waals surface area contributed by atoms with Crippen molar-refractivity contribution in [3.05, 3.63) is 47.5 Å². The zero-order valence-electron chi connectivity index (χ0n) is 12.9. The molecule has 5 unspecified atom stereocenters. The van der Waals surface area contributed by atoms with Crippen LogP contribution < -0.4 is 0 Å². The fraction of sp³-hybridized carbons (Fsp3) is 0.579. The number of fused-ring (bicyclic) bond motifs is 3. The van der Waals surface area contributed by atoms with Crippen LogP contribution in [0.1, 0.15) is 38.3 Å². The third-order valence-electron chi connectivity index (χ3n) is 7.63. The van der Waals surface area contributed by atoms with Gasteiger partial charge in [-0.2, -0.15) is 0 Å². The molecule has 1 aromatic carbocycles. The molecule has 1 heterocycles. The molecule has 2 nitrogen and oxygen atoms in total. The average Bonchev–Trinajstić information content (AvgIpc) is 3.10. The first-order valence-corrected chi connectivity index (χ1v) is 8.00. The molecule has 3 aliphatic carbocycles. The van der Waals surface area contributed by atoms with Gasteiger partial charge in [0.05, 0.1) is 6.10 Å². The predicted octanol–water partition coefficient (Wildman–Crippen LogP) is 3.19. The van der Waals surface area contributed by atoms with Crippen LogP contribution in [0.2, 0.25) is 0 Å². The number of hydrogen-bond donors (Lipinski definition) is 1. The smallest absolute Gasteiger partial charge is 0.131 e. The molecule has 0 aromatic heterocycles. The summed E-state index contributed by atoms with van der Waals surface area (Å²) in [5.41, 5.74) is 3.10. The highest BCUT2D eigenvalue weighted by Gasteiger charge is 2.95. The minimum absolute atomic E-state index is 0.0131. The first-order chi connectivity index (χ1) is 9.84. The normalized spacial score (nSPS) is 51.3. The molecule has 1 aromatic rings. The standard InChI is InChI=1S/C19H22O2/c1-11-14-16(2,3)17(4,15(11)20)18-10-9-12-7-5-6-8-13(12)19(14,18)21-18/h5-8,14-15,20H,1,9-10H2,2-4H3. The van der Waals surface area contributed by atoms with Crippen molar-refractivity contribution in [1.82, 2.24) is 0 Å². The van der Waals surface area contributed by atoms with Gasteiger partial charge in [0, 0.05) is 11.3 Å². The molecule has 21 heavy (non-hydrogen) atoms. The first-order valence-electron chi connectivity index (χ1n) is 8.00. The van der Waals surface area contributed by atoms with E-state index in [0.29, 0.717) is 0 Å². The van der Waals surface area contributed by atoms with E-state index in [-0.39, 0.29) is 27.9 Å². The molecule has 1 N–H and O–H groups in total. The predicted molar refractivity (Wildman–Crippen MR) is 80.8 cm³/mol.